The predicted octanol–water partition coefficient (Wildman–Crippen LogP) is 2.16. The van der Waals surface area contributed by atoms with Gasteiger partial charge in [-0.25, -0.2) is 9.59 Å². The minimum atomic E-state index is -0.985. The van der Waals surface area contributed by atoms with Crippen LogP contribution in [0.4, 0.5) is 0 Å². The van der Waals surface area contributed by atoms with Gasteiger partial charge in [0.1, 0.15) is 0 Å². The van der Waals surface area contributed by atoms with Crippen LogP contribution in [0.3, 0.4) is 0 Å². The Labute approximate surface area is 180 Å². The zero-order valence-electron chi connectivity index (χ0n) is 18.0. The van der Waals surface area contributed by atoms with E-state index in [9.17, 15) is 9.59 Å². The largest absolute Gasteiger partial charge is 0.493 e. The van der Waals surface area contributed by atoms with E-state index in [1.807, 2.05) is 0 Å². The van der Waals surface area contributed by atoms with E-state index in [0.717, 1.165) is 0 Å². The fourth-order valence-corrected chi connectivity index (χ4v) is 1.94. The Balaban J connectivity index is 0.000000479. The van der Waals surface area contributed by atoms with E-state index in [0.29, 0.717) is 23.0 Å². The van der Waals surface area contributed by atoms with Gasteiger partial charge in [0.25, 0.3) is 0 Å². The van der Waals surface area contributed by atoms with Crippen LogP contribution < -0.4 is 18.9 Å². The molecule has 2 rings (SSSR count). The summed E-state index contributed by atoms with van der Waals surface area (Å²) in [5, 5.41) is 33.3. The van der Waals surface area contributed by atoms with Crippen LogP contribution in [0.5, 0.6) is 23.0 Å². The second kappa shape index (κ2) is 14.5. The van der Waals surface area contributed by atoms with Gasteiger partial charge in [-0.05, 0) is 43.3 Å². The van der Waals surface area contributed by atoms with Gasteiger partial charge in [0, 0.05) is 0 Å². The second-order valence-corrected chi connectivity index (χ2v) is 5.78. The lowest BCUT2D eigenvalue weighted by molar-refractivity contribution is 0.0685. The van der Waals surface area contributed by atoms with Crippen molar-refractivity contribution in [1.82, 2.24) is 0 Å². The average molecular weight is 440 g/mol. The fraction of sp³-hybridized carbons (Fsp3) is 0.333. The molecule has 0 radical (unpaired) electrons. The van der Waals surface area contributed by atoms with Crippen LogP contribution in [0, 0.1) is 0 Å². The summed E-state index contributed by atoms with van der Waals surface area (Å²) in [5.74, 6) is -0.0910. The van der Waals surface area contributed by atoms with E-state index in [2.05, 4.69) is 0 Å². The van der Waals surface area contributed by atoms with Gasteiger partial charge >= 0.3 is 11.9 Å². The quantitative estimate of drug-likeness (QED) is 0.504. The summed E-state index contributed by atoms with van der Waals surface area (Å²) in [5.41, 5.74) is 0.357. The molecule has 1 atom stereocenters. The van der Waals surface area contributed by atoms with Crippen molar-refractivity contribution in [2.45, 2.75) is 13.0 Å². The summed E-state index contributed by atoms with van der Waals surface area (Å²) in [4.78, 5) is 21.1. The number of hydrogen-bond acceptors (Lipinski definition) is 8. The summed E-state index contributed by atoms with van der Waals surface area (Å²) in [6.07, 6.45) is -0.560. The first-order valence-corrected chi connectivity index (χ1v) is 8.84. The van der Waals surface area contributed by atoms with Crippen LogP contribution in [0.15, 0.2) is 36.4 Å². The zero-order chi connectivity index (χ0) is 24.0. The molecule has 0 aliphatic carbocycles. The molecule has 0 aromatic heterocycles. The number of carboxylic acids is 2. The lowest BCUT2D eigenvalue weighted by Crippen LogP contribution is -2.03. The van der Waals surface area contributed by atoms with Crippen LogP contribution in [0.2, 0.25) is 0 Å². The van der Waals surface area contributed by atoms with Crippen molar-refractivity contribution >= 4 is 11.9 Å². The topological polar surface area (TPSA) is 152 Å². The molecule has 0 bridgehead atoms. The molecule has 0 heterocycles. The van der Waals surface area contributed by atoms with Crippen molar-refractivity contribution in [3.8, 4) is 23.0 Å². The Morgan fingerprint density at radius 1 is 0.742 bits per heavy atom. The number of benzene rings is 2. The minimum absolute atomic E-state index is 0.139. The Kier molecular flexibility index (Phi) is 12.8. The molecule has 2 aromatic rings. The number of carboxylic acid groups (broad SMARTS) is 2. The van der Waals surface area contributed by atoms with Gasteiger partial charge < -0.3 is 39.4 Å². The maximum absolute atomic E-state index is 10.6. The molecule has 0 fully saturated rings. The molecule has 0 aliphatic rings. The normalized spacial score (nSPS) is 10.3. The molecule has 0 spiro atoms. The Morgan fingerprint density at radius 2 is 1.03 bits per heavy atom. The van der Waals surface area contributed by atoms with Crippen LogP contribution in [0.1, 0.15) is 27.6 Å². The summed E-state index contributed by atoms with van der Waals surface area (Å²) in [6.45, 7) is 1.39. The van der Waals surface area contributed by atoms with Crippen molar-refractivity contribution in [3.63, 3.8) is 0 Å². The number of ether oxygens (including phenoxy) is 4. The Morgan fingerprint density at radius 3 is 1.23 bits per heavy atom. The number of methoxy groups -OCH3 is 4. The van der Waals surface area contributed by atoms with Gasteiger partial charge in [0.15, 0.2) is 23.0 Å². The van der Waals surface area contributed by atoms with Gasteiger partial charge in [0.05, 0.1) is 52.3 Å². The van der Waals surface area contributed by atoms with E-state index in [-0.39, 0.29) is 17.7 Å². The summed E-state index contributed by atoms with van der Waals surface area (Å²) < 4.78 is 19.8. The summed E-state index contributed by atoms with van der Waals surface area (Å²) in [6, 6.07) is 8.88. The maximum atomic E-state index is 10.6. The average Bonchev–Trinajstić information content (AvgIpc) is 2.78. The first kappa shape index (κ1) is 27.5. The fourth-order valence-electron chi connectivity index (χ4n) is 1.94. The molecule has 4 N–H and O–H groups in total. The molecule has 31 heavy (non-hydrogen) atoms. The Bertz CT molecular complexity index is 767. The SMILES string of the molecule is CC(O)CO.COc1ccc(C(=O)O)cc1OC.COc1ccc(C(=O)O)cc1OC. The van der Waals surface area contributed by atoms with E-state index in [4.69, 9.17) is 39.4 Å². The van der Waals surface area contributed by atoms with Gasteiger partial charge in [-0.2, -0.15) is 0 Å². The molecular weight excluding hydrogens is 412 g/mol. The van der Waals surface area contributed by atoms with E-state index in [1.165, 1.54) is 59.6 Å². The standard InChI is InChI=1S/2C9H10O4.C3H8O2/c2*1-12-7-4-3-6(9(10)11)5-8(7)13-2;1-3(5)2-4/h2*3-5H,1-2H3,(H,10,11);3-5H,2H2,1H3. The highest BCUT2D eigenvalue weighted by molar-refractivity contribution is 5.89. The van der Waals surface area contributed by atoms with Gasteiger partial charge in [-0.15, -0.1) is 0 Å². The second-order valence-electron chi connectivity index (χ2n) is 5.78. The smallest absolute Gasteiger partial charge is 0.335 e. The van der Waals surface area contributed by atoms with E-state index < -0.39 is 18.0 Å². The first-order valence-electron chi connectivity index (χ1n) is 8.84. The molecule has 0 aliphatic heterocycles. The number of aromatic carboxylic acids is 2. The van der Waals surface area contributed by atoms with Crippen molar-refractivity contribution in [3.05, 3.63) is 47.5 Å². The highest BCUT2D eigenvalue weighted by Gasteiger charge is 2.09. The lowest BCUT2D eigenvalue weighted by Gasteiger charge is -2.07. The van der Waals surface area contributed by atoms with Crippen LogP contribution in [-0.2, 0) is 0 Å². The molecule has 1 unspecified atom stereocenters. The number of rotatable bonds is 7. The number of carbonyl (C=O) groups is 2. The van der Waals surface area contributed by atoms with E-state index >= 15 is 0 Å². The minimum Gasteiger partial charge on any atom is -0.493 e. The monoisotopic (exact) mass is 440 g/mol. The van der Waals surface area contributed by atoms with Crippen molar-refractivity contribution in [2.75, 3.05) is 35.0 Å². The van der Waals surface area contributed by atoms with Crippen molar-refractivity contribution < 1.29 is 49.0 Å². The number of hydrogen-bond donors (Lipinski definition) is 4. The predicted molar refractivity (Wildman–Crippen MR) is 112 cm³/mol. The highest BCUT2D eigenvalue weighted by atomic mass is 16.5. The molecule has 10 nitrogen and oxygen atoms in total. The summed E-state index contributed by atoms with van der Waals surface area (Å²) in [7, 11) is 5.92. The number of aliphatic hydroxyl groups excluding tert-OH is 2. The zero-order valence-corrected chi connectivity index (χ0v) is 18.0. The van der Waals surface area contributed by atoms with Crippen molar-refractivity contribution in [2.24, 2.45) is 0 Å². The molecule has 10 heteroatoms. The third-order valence-electron chi connectivity index (χ3n) is 3.53. The molecule has 0 saturated carbocycles. The molecule has 172 valence electrons. The summed E-state index contributed by atoms with van der Waals surface area (Å²) >= 11 is 0. The molecule has 0 amide bonds. The third-order valence-corrected chi connectivity index (χ3v) is 3.53. The highest BCUT2D eigenvalue weighted by Crippen LogP contribution is 2.28. The molecular formula is C21H28O10. The molecule has 2 aromatic carbocycles. The lowest BCUT2D eigenvalue weighted by atomic mass is 10.2. The Hall–Kier alpha value is -3.50. The maximum Gasteiger partial charge on any atom is 0.335 e. The van der Waals surface area contributed by atoms with Crippen LogP contribution in [0.25, 0.3) is 0 Å². The van der Waals surface area contributed by atoms with Crippen LogP contribution in [-0.4, -0.2) is 73.5 Å². The van der Waals surface area contributed by atoms with E-state index in [1.54, 1.807) is 12.1 Å². The third kappa shape index (κ3) is 9.70. The van der Waals surface area contributed by atoms with Gasteiger partial charge in [-0.3, -0.25) is 0 Å². The van der Waals surface area contributed by atoms with Gasteiger partial charge in [-0.1, -0.05) is 0 Å². The van der Waals surface area contributed by atoms with Crippen molar-refractivity contribution in [1.29, 1.82) is 0 Å². The first-order chi connectivity index (χ1) is 14.6. The van der Waals surface area contributed by atoms with Gasteiger partial charge in [0.2, 0.25) is 0 Å². The van der Waals surface area contributed by atoms with Crippen LogP contribution >= 0.6 is 0 Å². The molecule has 0 saturated heterocycles. The number of aliphatic hydroxyl groups is 2.